The largest absolute Gasteiger partial charge is 0.294 e. The van der Waals surface area contributed by atoms with Gasteiger partial charge in [-0.15, -0.1) is 0 Å². The number of hydrogen-bond acceptors (Lipinski definition) is 2. The van der Waals surface area contributed by atoms with Crippen LogP contribution in [0.5, 0.6) is 0 Å². The highest BCUT2D eigenvalue weighted by Crippen LogP contribution is 2.26. The van der Waals surface area contributed by atoms with Crippen molar-refractivity contribution in [2.24, 2.45) is 5.90 Å². The van der Waals surface area contributed by atoms with Crippen molar-refractivity contribution in [1.82, 2.24) is 0 Å². The second-order valence-electron chi connectivity index (χ2n) is 3.26. The lowest BCUT2D eigenvalue weighted by Crippen LogP contribution is -2.25. The first kappa shape index (κ1) is 10.4. The van der Waals surface area contributed by atoms with E-state index in [1.165, 1.54) is 12.1 Å². The molecular weight excluding hydrogens is 193 g/mol. The Morgan fingerprint density at radius 2 is 2.08 bits per heavy atom. The maximum Gasteiger partial charge on any atom is 0.141 e. The summed E-state index contributed by atoms with van der Waals surface area (Å²) in [6.45, 7) is 3.55. The molecule has 0 spiro atoms. The number of nitrogens with two attached hydrogens (primary N) is 1. The summed E-state index contributed by atoms with van der Waals surface area (Å²) in [4.78, 5) is 4.74. The van der Waals surface area contributed by atoms with Crippen LogP contribution >= 0.6 is 11.6 Å². The van der Waals surface area contributed by atoms with Gasteiger partial charge in [0.15, 0.2) is 0 Å². The predicted octanol–water partition coefficient (Wildman–Crippen LogP) is 2.60. The molecule has 2 N–H and O–H groups in total. The zero-order valence-electron chi connectivity index (χ0n) is 7.47. The van der Waals surface area contributed by atoms with Crippen LogP contribution in [0.2, 0.25) is 5.02 Å². The molecule has 0 saturated heterocycles. The molecule has 0 unspecified atom stereocenters. The van der Waals surface area contributed by atoms with E-state index in [9.17, 15) is 4.39 Å². The number of benzene rings is 1. The van der Waals surface area contributed by atoms with E-state index in [0.29, 0.717) is 0 Å². The molecule has 0 aliphatic carbocycles. The molecule has 13 heavy (non-hydrogen) atoms. The van der Waals surface area contributed by atoms with E-state index in [1.54, 1.807) is 19.9 Å². The highest BCUT2D eigenvalue weighted by molar-refractivity contribution is 6.30. The molecule has 0 aromatic heterocycles. The second kappa shape index (κ2) is 3.62. The van der Waals surface area contributed by atoms with Crippen molar-refractivity contribution in [2.75, 3.05) is 0 Å². The van der Waals surface area contributed by atoms with Crippen molar-refractivity contribution in [2.45, 2.75) is 19.4 Å². The molecule has 0 saturated carbocycles. The summed E-state index contributed by atoms with van der Waals surface area (Å²) in [6, 6.07) is 4.39. The molecule has 0 bridgehead atoms. The molecule has 1 aromatic rings. The van der Waals surface area contributed by atoms with Crippen LogP contribution in [-0.2, 0) is 10.4 Å². The monoisotopic (exact) mass is 203 g/mol. The quantitative estimate of drug-likeness (QED) is 0.750. The van der Waals surface area contributed by atoms with Gasteiger partial charge in [-0.1, -0.05) is 17.7 Å². The minimum Gasteiger partial charge on any atom is -0.294 e. The molecule has 1 aromatic carbocycles. The first-order chi connectivity index (χ1) is 5.97. The molecule has 4 heteroatoms. The Balaban J connectivity index is 3.10. The number of halogens is 2. The maximum absolute atomic E-state index is 12.8. The minimum absolute atomic E-state index is 0.0719. The van der Waals surface area contributed by atoms with Crippen LogP contribution < -0.4 is 5.90 Å². The Bertz CT molecular complexity index is 314. The second-order valence-corrected chi connectivity index (χ2v) is 3.66. The smallest absolute Gasteiger partial charge is 0.141 e. The van der Waals surface area contributed by atoms with Gasteiger partial charge in [0.25, 0.3) is 0 Å². The number of hydrogen-bond donors (Lipinski definition) is 1. The zero-order chi connectivity index (χ0) is 10.1. The van der Waals surface area contributed by atoms with Gasteiger partial charge in [-0.25, -0.2) is 10.3 Å². The van der Waals surface area contributed by atoms with Gasteiger partial charge in [-0.05, 0) is 31.5 Å². The van der Waals surface area contributed by atoms with E-state index in [1.807, 2.05) is 0 Å². The Morgan fingerprint density at radius 1 is 1.46 bits per heavy atom. The van der Waals surface area contributed by atoms with Crippen molar-refractivity contribution in [3.05, 3.63) is 34.6 Å². The molecule has 72 valence electrons. The van der Waals surface area contributed by atoms with Gasteiger partial charge < -0.3 is 0 Å². The summed E-state index contributed by atoms with van der Waals surface area (Å²) in [5, 5.41) is 0.0719. The van der Waals surface area contributed by atoms with Crippen molar-refractivity contribution in [1.29, 1.82) is 0 Å². The van der Waals surface area contributed by atoms with Crippen molar-refractivity contribution in [3.8, 4) is 0 Å². The van der Waals surface area contributed by atoms with Gasteiger partial charge in [0, 0.05) is 0 Å². The van der Waals surface area contributed by atoms with E-state index in [2.05, 4.69) is 0 Å². The van der Waals surface area contributed by atoms with Gasteiger partial charge in [0.05, 0.1) is 5.02 Å². The average molecular weight is 204 g/mol. The Labute approximate surface area is 81.4 Å². The third-order valence-corrected chi connectivity index (χ3v) is 2.20. The van der Waals surface area contributed by atoms with E-state index in [-0.39, 0.29) is 5.02 Å². The molecule has 0 radical (unpaired) electrons. The van der Waals surface area contributed by atoms with Gasteiger partial charge in [0.1, 0.15) is 11.4 Å². The fourth-order valence-corrected chi connectivity index (χ4v) is 1.12. The SMILES string of the molecule is CC(C)(ON)c1ccc(F)c(Cl)c1. The molecule has 0 heterocycles. The zero-order valence-corrected chi connectivity index (χ0v) is 8.23. The Hall–Kier alpha value is -0.640. The van der Waals surface area contributed by atoms with E-state index < -0.39 is 11.4 Å². The van der Waals surface area contributed by atoms with E-state index >= 15 is 0 Å². The normalized spacial score (nSPS) is 11.8. The summed E-state index contributed by atoms with van der Waals surface area (Å²) in [6.07, 6.45) is 0. The minimum atomic E-state index is -0.655. The van der Waals surface area contributed by atoms with Gasteiger partial charge >= 0.3 is 0 Å². The number of rotatable bonds is 2. The fourth-order valence-electron chi connectivity index (χ4n) is 0.939. The Morgan fingerprint density at radius 3 is 2.54 bits per heavy atom. The first-order valence-corrected chi connectivity index (χ1v) is 4.18. The van der Waals surface area contributed by atoms with Crippen LogP contribution in [0.1, 0.15) is 19.4 Å². The first-order valence-electron chi connectivity index (χ1n) is 3.81. The van der Waals surface area contributed by atoms with Crippen LogP contribution in [0.3, 0.4) is 0 Å². The molecule has 0 atom stereocenters. The summed E-state index contributed by atoms with van der Waals surface area (Å²) >= 11 is 5.61. The van der Waals surface area contributed by atoms with E-state index in [0.717, 1.165) is 5.56 Å². The van der Waals surface area contributed by atoms with Gasteiger partial charge in [0.2, 0.25) is 0 Å². The summed E-state index contributed by atoms with van der Waals surface area (Å²) in [5.74, 6) is 4.64. The highest BCUT2D eigenvalue weighted by atomic mass is 35.5. The van der Waals surface area contributed by atoms with Gasteiger partial charge in [-0.3, -0.25) is 4.84 Å². The van der Waals surface area contributed by atoms with Gasteiger partial charge in [-0.2, -0.15) is 0 Å². The van der Waals surface area contributed by atoms with E-state index in [4.69, 9.17) is 22.3 Å². The molecular formula is C9H11ClFNO. The third-order valence-electron chi connectivity index (χ3n) is 1.91. The summed E-state index contributed by atoms with van der Waals surface area (Å²) in [5.41, 5.74) is 0.0820. The molecule has 2 nitrogen and oxygen atoms in total. The lowest BCUT2D eigenvalue weighted by molar-refractivity contribution is -0.0236. The topological polar surface area (TPSA) is 35.2 Å². The van der Waals surface area contributed by atoms with Crippen LogP contribution in [0.15, 0.2) is 18.2 Å². The summed E-state index contributed by atoms with van der Waals surface area (Å²) < 4.78 is 12.8. The molecule has 0 aliphatic heterocycles. The predicted molar refractivity (Wildman–Crippen MR) is 49.7 cm³/mol. The Kier molecular flexibility index (Phi) is 2.91. The summed E-state index contributed by atoms with van der Waals surface area (Å²) in [7, 11) is 0. The fraction of sp³-hybridized carbons (Fsp3) is 0.333. The molecule has 0 amide bonds. The van der Waals surface area contributed by atoms with Crippen LogP contribution in [0.25, 0.3) is 0 Å². The standard InChI is InChI=1S/C9H11ClFNO/c1-9(2,13-12)6-3-4-8(11)7(10)5-6/h3-5H,12H2,1-2H3. The molecule has 1 rings (SSSR count). The van der Waals surface area contributed by atoms with Crippen molar-refractivity contribution >= 4 is 11.6 Å². The highest BCUT2D eigenvalue weighted by Gasteiger charge is 2.21. The van der Waals surface area contributed by atoms with Crippen LogP contribution in [0.4, 0.5) is 4.39 Å². The van der Waals surface area contributed by atoms with Crippen LogP contribution in [-0.4, -0.2) is 0 Å². The lowest BCUT2D eigenvalue weighted by atomic mass is 9.98. The average Bonchev–Trinajstić information content (AvgIpc) is 2.09. The molecule has 0 fully saturated rings. The van der Waals surface area contributed by atoms with Crippen molar-refractivity contribution < 1.29 is 9.23 Å². The third kappa shape index (κ3) is 2.18. The van der Waals surface area contributed by atoms with Crippen molar-refractivity contribution in [3.63, 3.8) is 0 Å². The lowest BCUT2D eigenvalue weighted by Gasteiger charge is -2.22. The maximum atomic E-state index is 12.8. The molecule has 0 aliphatic rings. The van der Waals surface area contributed by atoms with Crippen LogP contribution in [0, 0.1) is 5.82 Å².